The van der Waals surface area contributed by atoms with E-state index >= 15 is 0 Å². The Balaban J connectivity index is 2.12. The van der Waals surface area contributed by atoms with Gasteiger partial charge in [-0.15, -0.1) is 0 Å². The van der Waals surface area contributed by atoms with Crippen molar-refractivity contribution in [2.75, 3.05) is 11.9 Å². The molecule has 1 unspecified atom stereocenters. The Bertz CT molecular complexity index is 511. The molecule has 2 aromatic rings. The van der Waals surface area contributed by atoms with Gasteiger partial charge >= 0.3 is 0 Å². The molecule has 0 amide bonds. The van der Waals surface area contributed by atoms with Crippen molar-refractivity contribution in [3.8, 4) is 5.75 Å². The highest BCUT2D eigenvalue weighted by atomic mass is 35.5. The molecule has 1 aromatic heterocycles. The molecule has 3 nitrogen and oxygen atoms in total. The van der Waals surface area contributed by atoms with E-state index < -0.39 is 0 Å². The topological polar surface area (TPSA) is 34.4 Å². The molecule has 0 aliphatic heterocycles. The first kappa shape index (κ1) is 13.8. The van der Waals surface area contributed by atoms with Crippen LogP contribution in [0.4, 0.5) is 5.69 Å². The Morgan fingerprint density at radius 3 is 2.74 bits per heavy atom. The lowest BCUT2D eigenvalue weighted by molar-refractivity contribution is 0.340. The maximum atomic E-state index is 6.17. The number of hydrogen-bond donors (Lipinski definition) is 1. The zero-order valence-electron chi connectivity index (χ0n) is 11.2. The molecule has 0 fully saturated rings. The zero-order chi connectivity index (χ0) is 13.7. The van der Waals surface area contributed by atoms with Crippen LogP contribution in [0.1, 0.15) is 32.1 Å². The molecule has 4 heteroatoms. The maximum absolute atomic E-state index is 6.17. The van der Waals surface area contributed by atoms with Gasteiger partial charge in [0.05, 0.1) is 23.9 Å². The monoisotopic (exact) mass is 279 g/mol. The van der Waals surface area contributed by atoms with E-state index in [1.807, 2.05) is 37.3 Å². The van der Waals surface area contributed by atoms with Gasteiger partial charge in [-0.1, -0.05) is 18.5 Å². The molecule has 19 heavy (non-hydrogen) atoms. The predicted molar refractivity (Wildman–Crippen MR) is 78.0 cm³/mol. The van der Waals surface area contributed by atoms with E-state index in [9.17, 15) is 0 Å². The average Bonchev–Trinajstić information content (AvgIpc) is 2.93. The van der Waals surface area contributed by atoms with E-state index in [0.717, 1.165) is 17.9 Å². The van der Waals surface area contributed by atoms with Crippen LogP contribution in [0.5, 0.6) is 5.75 Å². The first-order valence-electron chi connectivity index (χ1n) is 6.46. The second kappa shape index (κ2) is 6.53. The van der Waals surface area contributed by atoms with Crippen LogP contribution in [0.3, 0.4) is 0 Å². The minimum absolute atomic E-state index is 0.143. The molecule has 0 radical (unpaired) electrons. The van der Waals surface area contributed by atoms with Crippen molar-refractivity contribution in [1.82, 2.24) is 0 Å². The van der Waals surface area contributed by atoms with Crippen molar-refractivity contribution in [2.24, 2.45) is 0 Å². The van der Waals surface area contributed by atoms with Crippen molar-refractivity contribution in [1.29, 1.82) is 0 Å². The van der Waals surface area contributed by atoms with Crippen molar-refractivity contribution in [3.05, 3.63) is 47.4 Å². The summed E-state index contributed by atoms with van der Waals surface area (Å²) < 4.78 is 10.8. The zero-order valence-corrected chi connectivity index (χ0v) is 11.9. The Kier molecular flexibility index (Phi) is 4.74. The van der Waals surface area contributed by atoms with Crippen molar-refractivity contribution in [3.63, 3.8) is 0 Å². The Hall–Kier alpha value is -1.61. The van der Waals surface area contributed by atoms with Crippen LogP contribution in [-0.2, 0) is 0 Å². The first-order valence-corrected chi connectivity index (χ1v) is 6.84. The molecule has 1 aromatic carbocycles. The molecule has 0 aliphatic rings. The summed E-state index contributed by atoms with van der Waals surface area (Å²) in [6.07, 6.45) is 2.61. The molecule has 0 saturated carbocycles. The molecular weight excluding hydrogens is 262 g/mol. The lowest BCUT2D eigenvalue weighted by atomic mass is 10.1. The Morgan fingerprint density at radius 2 is 2.16 bits per heavy atom. The van der Waals surface area contributed by atoms with Crippen LogP contribution in [0.25, 0.3) is 0 Å². The lowest BCUT2D eigenvalue weighted by Gasteiger charge is -2.17. The number of benzene rings is 1. The van der Waals surface area contributed by atoms with Gasteiger partial charge in [0, 0.05) is 5.69 Å². The normalized spacial score (nSPS) is 12.2. The van der Waals surface area contributed by atoms with E-state index in [-0.39, 0.29) is 6.04 Å². The number of anilines is 1. The minimum atomic E-state index is 0.143. The molecule has 2 rings (SSSR count). The highest BCUT2D eigenvalue weighted by Crippen LogP contribution is 2.30. The van der Waals surface area contributed by atoms with Gasteiger partial charge < -0.3 is 14.5 Å². The summed E-state index contributed by atoms with van der Waals surface area (Å²) in [6, 6.07) is 9.72. The smallest absolute Gasteiger partial charge is 0.138 e. The third-order valence-corrected chi connectivity index (χ3v) is 3.16. The van der Waals surface area contributed by atoms with Crippen LogP contribution >= 0.6 is 11.6 Å². The van der Waals surface area contributed by atoms with E-state index in [2.05, 4.69) is 12.2 Å². The first-order chi connectivity index (χ1) is 9.24. The average molecular weight is 280 g/mol. The van der Waals surface area contributed by atoms with Crippen LogP contribution < -0.4 is 10.1 Å². The molecule has 102 valence electrons. The maximum Gasteiger partial charge on any atom is 0.138 e. The molecule has 1 N–H and O–H groups in total. The highest BCUT2D eigenvalue weighted by Gasteiger charge is 2.12. The minimum Gasteiger partial charge on any atom is -0.492 e. The highest BCUT2D eigenvalue weighted by molar-refractivity contribution is 6.32. The molecular formula is C15H18ClNO2. The van der Waals surface area contributed by atoms with Crippen molar-refractivity contribution in [2.45, 2.75) is 26.3 Å². The number of ether oxygens (including phenoxy) is 1. The molecule has 0 spiro atoms. The summed E-state index contributed by atoms with van der Waals surface area (Å²) in [7, 11) is 0. The van der Waals surface area contributed by atoms with Gasteiger partial charge in [-0.25, -0.2) is 0 Å². The summed E-state index contributed by atoms with van der Waals surface area (Å²) in [4.78, 5) is 0. The van der Waals surface area contributed by atoms with E-state index in [1.165, 1.54) is 0 Å². The van der Waals surface area contributed by atoms with Crippen LogP contribution in [0.15, 0.2) is 41.0 Å². The largest absolute Gasteiger partial charge is 0.492 e. The molecule has 1 atom stereocenters. The molecule has 0 aliphatic carbocycles. The number of furan rings is 1. The van der Waals surface area contributed by atoms with Crippen LogP contribution in [0, 0.1) is 0 Å². The fourth-order valence-corrected chi connectivity index (χ4v) is 2.16. The molecule has 0 bridgehead atoms. The van der Waals surface area contributed by atoms with Gasteiger partial charge in [-0.3, -0.25) is 0 Å². The summed E-state index contributed by atoms with van der Waals surface area (Å²) in [6.45, 7) is 4.65. The SMILES string of the molecule is CCOc1ccc(NC(CC)c2ccco2)cc1Cl. The van der Waals surface area contributed by atoms with Crippen molar-refractivity contribution < 1.29 is 9.15 Å². The third-order valence-electron chi connectivity index (χ3n) is 2.87. The van der Waals surface area contributed by atoms with Gasteiger partial charge in [0.15, 0.2) is 0 Å². The van der Waals surface area contributed by atoms with E-state index in [1.54, 1.807) is 6.26 Å². The number of halogens is 1. The van der Waals surface area contributed by atoms with Crippen LogP contribution in [-0.4, -0.2) is 6.61 Å². The van der Waals surface area contributed by atoms with Gasteiger partial charge in [-0.2, -0.15) is 0 Å². The second-order valence-corrected chi connectivity index (χ2v) is 4.61. The molecule has 1 heterocycles. The second-order valence-electron chi connectivity index (χ2n) is 4.20. The lowest BCUT2D eigenvalue weighted by Crippen LogP contribution is -2.08. The quantitative estimate of drug-likeness (QED) is 0.817. The predicted octanol–water partition coefficient (Wildman–Crippen LogP) is 4.89. The Morgan fingerprint density at radius 1 is 1.32 bits per heavy atom. The van der Waals surface area contributed by atoms with Crippen molar-refractivity contribution >= 4 is 17.3 Å². The van der Waals surface area contributed by atoms with E-state index in [4.69, 9.17) is 20.8 Å². The number of rotatable bonds is 6. The van der Waals surface area contributed by atoms with E-state index in [0.29, 0.717) is 17.4 Å². The summed E-state index contributed by atoms with van der Waals surface area (Å²) in [5.74, 6) is 1.63. The van der Waals surface area contributed by atoms with Gasteiger partial charge in [0.25, 0.3) is 0 Å². The summed E-state index contributed by atoms with van der Waals surface area (Å²) in [5, 5.41) is 4.02. The fraction of sp³-hybridized carbons (Fsp3) is 0.333. The van der Waals surface area contributed by atoms with Gasteiger partial charge in [0.1, 0.15) is 11.5 Å². The standard InChI is InChI=1S/C15H18ClNO2/c1-3-13(15-6-5-9-19-15)17-11-7-8-14(18-4-2)12(16)10-11/h5-10,13,17H,3-4H2,1-2H3. The summed E-state index contributed by atoms with van der Waals surface area (Å²) in [5.41, 5.74) is 0.955. The number of nitrogens with one attached hydrogen (secondary N) is 1. The fourth-order valence-electron chi connectivity index (χ4n) is 1.93. The molecule has 0 saturated heterocycles. The number of hydrogen-bond acceptors (Lipinski definition) is 3. The van der Waals surface area contributed by atoms with Crippen LogP contribution in [0.2, 0.25) is 5.02 Å². The Labute approximate surface area is 118 Å². The van der Waals surface area contributed by atoms with Gasteiger partial charge in [0.2, 0.25) is 0 Å². The third kappa shape index (κ3) is 3.44. The summed E-state index contributed by atoms with van der Waals surface area (Å²) >= 11 is 6.17. The van der Waals surface area contributed by atoms with Gasteiger partial charge in [-0.05, 0) is 43.7 Å².